The minimum absolute atomic E-state index is 0.265. The van der Waals surface area contributed by atoms with Crippen molar-refractivity contribution < 1.29 is 14.3 Å². The molecule has 0 saturated heterocycles. The van der Waals surface area contributed by atoms with Crippen LogP contribution in [0, 0.1) is 0 Å². The summed E-state index contributed by atoms with van der Waals surface area (Å²) in [6.45, 7) is 3.33. The zero-order chi connectivity index (χ0) is 25.0. The molecule has 2 atom stereocenters. The Morgan fingerprint density at radius 1 is 0.800 bits per heavy atom. The van der Waals surface area contributed by atoms with E-state index in [0.29, 0.717) is 32.5 Å². The summed E-state index contributed by atoms with van der Waals surface area (Å²) in [7, 11) is 0. The number of nitrogens with two attached hydrogens (primary N) is 2. The highest BCUT2D eigenvalue weighted by molar-refractivity contribution is 5.90. The van der Waals surface area contributed by atoms with Gasteiger partial charge < -0.3 is 26.8 Å². The fourth-order valence-electron chi connectivity index (χ4n) is 3.68. The number of ether oxygens (including phenoxy) is 1. The summed E-state index contributed by atoms with van der Waals surface area (Å²) < 4.78 is 5.45. The molecule has 0 bridgehead atoms. The van der Waals surface area contributed by atoms with Crippen LogP contribution in [0.2, 0.25) is 0 Å². The maximum absolute atomic E-state index is 13.1. The standard InChI is InChI=1S/C28H34N4O3/c1-2-35-24-14-12-21(13-15-24)16-25(30)27(33)32-26(17-20-6-4-3-5-7-20)28(34)31-19-23-10-8-22(18-29)9-11-23/h3-15,25-26H,2,16-19,29-30H2,1H3,(H,31,34)(H,32,33). The molecule has 0 aliphatic heterocycles. The predicted molar refractivity (Wildman–Crippen MR) is 138 cm³/mol. The quantitative estimate of drug-likeness (QED) is 0.321. The minimum Gasteiger partial charge on any atom is -0.494 e. The van der Waals surface area contributed by atoms with Crippen molar-refractivity contribution in [3.8, 4) is 5.75 Å². The molecule has 3 aromatic carbocycles. The molecule has 0 saturated carbocycles. The van der Waals surface area contributed by atoms with Gasteiger partial charge in [-0.1, -0.05) is 66.7 Å². The van der Waals surface area contributed by atoms with Crippen LogP contribution in [0.3, 0.4) is 0 Å². The van der Waals surface area contributed by atoms with Crippen molar-refractivity contribution in [1.29, 1.82) is 0 Å². The lowest BCUT2D eigenvalue weighted by atomic mass is 10.0. The molecule has 7 nitrogen and oxygen atoms in total. The molecule has 0 radical (unpaired) electrons. The number of amides is 2. The third-order valence-corrected chi connectivity index (χ3v) is 5.67. The molecule has 2 unspecified atom stereocenters. The molecular formula is C28H34N4O3. The molecule has 35 heavy (non-hydrogen) atoms. The normalized spacial score (nSPS) is 12.4. The molecule has 6 N–H and O–H groups in total. The molecule has 0 heterocycles. The maximum atomic E-state index is 13.1. The molecule has 0 aliphatic carbocycles. The third kappa shape index (κ3) is 8.24. The van der Waals surface area contributed by atoms with Gasteiger partial charge in [-0.25, -0.2) is 0 Å². The molecule has 2 amide bonds. The Labute approximate surface area is 206 Å². The first-order valence-corrected chi connectivity index (χ1v) is 11.9. The van der Waals surface area contributed by atoms with E-state index in [0.717, 1.165) is 28.0 Å². The van der Waals surface area contributed by atoms with Crippen LogP contribution >= 0.6 is 0 Å². The number of carbonyl (C=O) groups is 2. The first kappa shape index (κ1) is 25.9. The van der Waals surface area contributed by atoms with Gasteiger partial charge in [0.15, 0.2) is 0 Å². The lowest BCUT2D eigenvalue weighted by molar-refractivity contribution is -0.129. The Kier molecular flexibility index (Phi) is 9.83. The second-order valence-electron chi connectivity index (χ2n) is 8.38. The maximum Gasteiger partial charge on any atom is 0.243 e. The second kappa shape index (κ2) is 13.3. The molecule has 3 aromatic rings. The molecule has 3 rings (SSSR count). The molecule has 0 aliphatic rings. The zero-order valence-corrected chi connectivity index (χ0v) is 20.1. The molecule has 0 fully saturated rings. The Hall–Kier alpha value is -3.68. The number of benzene rings is 3. The van der Waals surface area contributed by atoms with Crippen molar-refractivity contribution in [2.75, 3.05) is 6.61 Å². The largest absolute Gasteiger partial charge is 0.494 e. The average Bonchev–Trinajstić information content (AvgIpc) is 2.89. The Morgan fingerprint density at radius 3 is 2.03 bits per heavy atom. The Morgan fingerprint density at radius 2 is 1.40 bits per heavy atom. The van der Waals surface area contributed by atoms with E-state index in [4.69, 9.17) is 16.2 Å². The molecule has 0 aromatic heterocycles. The predicted octanol–water partition coefficient (Wildman–Crippen LogP) is 2.46. The number of nitrogens with one attached hydrogen (secondary N) is 2. The van der Waals surface area contributed by atoms with Gasteiger partial charge in [-0.3, -0.25) is 9.59 Å². The summed E-state index contributed by atoms with van der Waals surface area (Å²) in [5.41, 5.74) is 15.7. The number of hydrogen-bond donors (Lipinski definition) is 4. The summed E-state index contributed by atoms with van der Waals surface area (Å²) in [5, 5.41) is 5.78. The average molecular weight is 475 g/mol. The summed E-state index contributed by atoms with van der Waals surface area (Å²) in [5.74, 6) is 0.132. The van der Waals surface area contributed by atoms with Crippen LogP contribution in [0.1, 0.15) is 29.2 Å². The van der Waals surface area contributed by atoms with E-state index in [1.54, 1.807) is 0 Å². The summed E-state index contributed by atoms with van der Waals surface area (Å²) in [6, 6.07) is 23.3. The van der Waals surface area contributed by atoms with Gasteiger partial charge in [0, 0.05) is 19.5 Å². The molecule has 7 heteroatoms. The van der Waals surface area contributed by atoms with Crippen LogP contribution in [0.5, 0.6) is 5.75 Å². The van der Waals surface area contributed by atoms with E-state index in [1.807, 2.05) is 85.8 Å². The highest BCUT2D eigenvalue weighted by Crippen LogP contribution is 2.13. The fourth-order valence-corrected chi connectivity index (χ4v) is 3.68. The lowest BCUT2D eigenvalue weighted by Crippen LogP contribution is -2.52. The first-order chi connectivity index (χ1) is 17.0. The van der Waals surface area contributed by atoms with Crippen molar-refractivity contribution in [1.82, 2.24) is 10.6 Å². The lowest BCUT2D eigenvalue weighted by Gasteiger charge is -2.21. The van der Waals surface area contributed by atoms with Gasteiger partial charge in [0.05, 0.1) is 12.6 Å². The molecule has 0 spiro atoms. The van der Waals surface area contributed by atoms with Crippen LogP contribution in [-0.2, 0) is 35.5 Å². The summed E-state index contributed by atoms with van der Waals surface area (Å²) >= 11 is 0. The molecular weight excluding hydrogens is 440 g/mol. The van der Waals surface area contributed by atoms with Crippen LogP contribution in [0.15, 0.2) is 78.9 Å². The fraction of sp³-hybridized carbons (Fsp3) is 0.286. The van der Waals surface area contributed by atoms with Crippen molar-refractivity contribution >= 4 is 11.8 Å². The second-order valence-corrected chi connectivity index (χ2v) is 8.38. The molecule has 184 valence electrons. The number of rotatable bonds is 12. The van der Waals surface area contributed by atoms with E-state index in [-0.39, 0.29) is 11.8 Å². The van der Waals surface area contributed by atoms with Gasteiger partial charge in [-0.05, 0) is 47.7 Å². The van der Waals surface area contributed by atoms with Crippen molar-refractivity contribution in [2.45, 2.75) is 44.9 Å². The van der Waals surface area contributed by atoms with Crippen molar-refractivity contribution in [2.24, 2.45) is 11.5 Å². The smallest absolute Gasteiger partial charge is 0.243 e. The van der Waals surface area contributed by atoms with Gasteiger partial charge >= 0.3 is 0 Å². The minimum atomic E-state index is -0.789. The van der Waals surface area contributed by atoms with Gasteiger partial charge in [0.25, 0.3) is 0 Å². The first-order valence-electron chi connectivity index (χ1n) is 11.9. The monoisotopic (exact) mass is 474 g/mol. The van der Waals surface area contributed by atoms with E-state index in [2.05, 4.69) is 10.6 Å². The highest BCUT2D eigenvalue weighted by atomic mass is 16.5. The van der Waals surface area contributed by atoms with Gasteiger partial charge in [-0.15, -0.1) is 0 Å². The third-order valence-electron chi connectivity index (χ3n) is 5.67. The Balaban J connectivity index is 1.63. The SMILES string of the molecule is CCOc1ccc(CC(N)C(=O)NC(Cc2ccccc2)C(=O)NCc2ccc(CN)cc2)cc1. The zero-order valence-electron chi connectivity index (χ0n) is 20.1. The van der Waals surface area contributed by atoms with Crippen molar-refractivity contribution in [3.63, 3.8) is 0 Å². The number of hydrogen-bond acceptors (Lipinski definition) is 5. The van der Waals surface area contributed by atoms with Gasteiger partial charge in [0.1, 0.15) is 11.8 Å². The number of carbonyl (C=O) groups excluding carboxylic acids is 2. The van der Waals surface area contributed by atoms with Crippen LogP contribution < -0.4 is 26.8 Å². The van der Waals surface area contributed by atoms with Crippen LogP contribution in [-0.4, -0.2) is 30.5 Å². The van der Waals surface area contributed by atoms with E-state index in [1.165, 1.54) is 0 Å². The van der Waals surface area contributed by atoms with E-state index >= 15 is 0 Å². The van der Waals surface area contributed by atoms with E-state index in [9.17, 15) is 9.59 Å². The van der Waals surface area contributed by atoms with Gasteiger partial charge in [-0.2, -0.15) is 0 Å². The van der Waals surface area contributed by atoms with Gasteiger partial charge in [0.2, 0.25) is 11.8 Å². The topological polar surface area (TPSA) is 119 Å². The van der Waals surface area contributed by atoms with Crippen LogP contribution in [0.4, 0.5) is 0 Å². The van der Waals surface area contributed by atoms with E-state index < -0.39 is 12.1 Å². The van der Waals surface area contributed by atoms with Crippen LogP contribution in [0.25, 0.3) is 0 Å². The van der Waals surface area contributed by atoms with Crippen molar-refractivity contribution in [3.05, 3.63) is 101 Å². The summed E-state index contributed by atoms with van der Waals surface area (Å²) in [4.78, 5) is 26.0. The summed E-state index contributed by atoms with van der Waals surface area (Å²) in [6.07, 6.45) is 0.714. The highest BCUT2D eigenvalue weighted by Gasteiger charge is 2.24. The Bertz CT molecular complexity index is 1070.